The normalized spacial score (nSPS) is 13.9. The van der Waals surface area contributed by atoms with E-state index in [1.165, 1.54) is 116 Å². The summed E-state index contributed by atoms with van der Waals surface area (Å²) >= 11 is 0. The Labute approximate surface area is 402 Å². The van der Waals surface area contributed by atoms with Gasteiger partial charge in [-0.25, -0.2) is 0 Å². The number of hydrogen-bond donors (Lipinski definition) is 3. The van der Waals surface area contributed by atoms with Crippen LogP contribution in [0.2, 0.25) is 0 Å². The molecule has 0 aliphatic heterocycles. The molecule has 6 nitrogen and oxygen atoms in total. The number of aliphatic hydroxyl groups is 2. The van der Waals surface area contributed by atoms with Crippen molar-refractivity contribution in [2.45, 2.75) is 270 Å². The second-order valence-electron chi connectivity index (χ2n) is 18.4. The SMILES string of the molecule is CCCCC/C=C\C/C=C\C/C=C\CCCCCCCCC(=O)OC(CCCCC/C=C/C=C/C=C/C=C/CCCCC)CC(=O)NC(CO)C(O)CCCCCCCCCCCCC. The van der Waals surface area contributed by atoms with E-state index >= 15 is 0 Å². The molecule has 0 spiro atoms. The summed E-state index contributed by atoms with van der Waals surface area (Å²) < 4.78 is 5.93. The average Bonchev–Trinajstić information content (AvgIpc) is 3.30. The topological polar surface area (TPSA) is 95.9 Å². The van der Waals surface area contributed by atoms with E-state index < -0.39 is 18.2 Å². The number of rotatable bonds is 48. The molecule has 0 aromatic rings. The van der Waals surface area contributed by atoms with Crippen LogP contribution in [-0.4, -0.2) is 46.9 Å². The van der Waals surface area contributed by atoms with Crippen molar-refractivity contribution in [3.63, 3.8) is 0 Å². The highest BCUT2D eigenvalue weighted by atomic mass is 16.5. The number of ether oxygens (including phenoxy) is 1. The van der Waals surface area contributed by atoms with Gasteiger partial charge in [-0.15, -0.1) is 0 Å². The molecule has 0 aromatic heterocycles. The highest BCUT2D eigenvalue weighted by Crippen LogP contribution is 2.17. The van der Waals surface area contributed by atoms with Crippen LogP contribution in [0.25, 0.3) is 0 Å². The van der Waals surface area contributed by atoms with E-state index in [4.69, 9.17) is 4.74 Å². The van der Waals surface area contributed by atoms with Gasteiger partial charge in [0, 0.05) is 6.42 Å². The number of unbranched alkanes of at least 4 members (excludes halogenated alkanes) is 25. The number of amides is 1. The van der Waals surface area contributed by atoms with E-state index in [0.717, 1.165) is 89.9 Å². The van der Waals surface area contributed by atoms with Gasteiger partial charge < -0.3 is 20.3 Å². The lowest BCUT2D eigenvalue weighted by Gasteiger charge is -2.24. The van der Waals surface area contributed by atoms with Crippen molar-refractivity contribution >= 4 is 11.9 Å². The summed E-state index contributed by atoms with van der Waals surface area (Å²) in [5.41, 5.74) is 0. The van der Waals surface area contributed by atoms with Crippen LogP contribution in [0.4, 0.5) is 0 Å². The Bertz CT molecular complexity index is 1250. The van der Waals surface area contributed by atoms with Crippen molar-refractivity contribution < 1.29 is 24.5 Å². The minimum Gasteiger partial charge on any atom is -0.462 e. The fourth-order valence-electron chi connectivity index (χ4n) is 7.86. The van der Waals surface area contributed by atoms with Crippen molar-refractivity contribution in [3.05, 3.63) is 85.1 Å². The number of allylic oxidation sites excluding steroid dienone is 14. The Morgan fingerprint density at radius 1 is 0.462 bits per heavy atom. The summed E-state index contributed by atoms with van der Waals surface area (Å²) in [5.74, 6) is -0.529. The summed E-state index contributed by atoms with van der Waals surface area (Å²) in [6.45, 7) is 6.40. The summed E-state index contributed by atoms with van der Waals surface area (Å²) in [7, 11) is 0. The molecular weight excluding hydrogens is 803 g/mol. The maximum absolute atomic E-state index is 13.2. The van der Waals surface area contributed by atoms with E-state index in [9.17, 15) is 19.8 Å². The highest BCUT2D eigenvalue weighted by Gasteiger charge is 2.24. The van der Waals surface area contributed by atoms with Crippen LogP contribution >= 0.6 is 0 Å². The van der Waals surface area contributed by atoms with Crippen molar-refractivity contribution in [3.8, 4) is 0 Å². The summed E-state index contributed by atoms with van der Waals surface area (Å²) in [4.78, 5) is 26.2. The van der Waals surface area contributed by atoms with Gasteiger partial charge >= 0.3 is 5.97 Å². The van der Waals surface area contributed by atoms with E-state index in [0.29, 0.717) is 19.3 Å². The highest BCUT2D eigenvalue weighted by molar-refractivity contribution is 5.77. The third kappa shape index (κ3) is 47.3. The minimum atomic E-state index is -0.805. The van der Waals surface area contributed by atoms with Crippen LogP contribution in [0.3, 0.4) is 0 Å². The molecule has 3 N–H and O–H groups in total. The maximum Gasteiger partial charge on any atom is 0.306 e. The molecule has 6 heteroatoms. The zero-order chi connectivity index (χ0) is 47.4. The molecule has 0 aliphatic carbocycles. The number of hydrogen-bond acceptors (Lipinski definition) is 5. The fourth-order valence-corrected chi connectivity index (χ4v) is 7.86. The molecule has 0 aliphatic rings. The van der Waals surface area contributed by atoms with Crippen LogP contribution in [-0.2, 0) is 14.3 Å². The van der Waals surface area contributed by atoms with Crippen LogP contribution in [0.15, 0.2) is 85.1 Å². The number of esters is 1. The standard InChI is InChI=1S/C59H103NO5/c1-4-7-10-13-16-19-22-24-26-28-29-30-32-34-37-40-43-46-49-52-59(64)65-55(50-47-44-41-38-36-33-31-27-25-23-20-17-14-11-8-5-2)53-58(63)60-56(54-61)57(62)51-48-45-42-39-35-21-18-15-12-9-6-3/h16-17,19-20,23-27,29-31,33,36,55-57,61-62H,4-15,18,21-22,28,32,34-35,37-54H2,1-3H3,(H,60,63)/b19-16-,20-17+,25-23+,26-24-,30-29-,31-27+,36-33+. The molecule has 0 bridgehead atoms. The van der Waals surface area contributed by atoms with Gasteiger partial charge in [-0.2, -0.15) is 0 Å². The molecule has 0 rings (SSSR count). The third-order valence-corrected chi connectivity index (χ3v) is 12.0. The second kappa shape index (κ2) is 52.0. The first-order valence-electron chi connectivity index (χ1n) is 27.4. The van der Waals surface area contributed by atoms with E-state index in [1.807, 2.05) is 6.08 Å². The van der Waals surface area contributed by atoms with Gasteiger partial charge in [-0.1, -0.05) is 234 Å². The maximum atomic E-state index is 13.2. The van der Waals surface area contributed by atoms with Gasteiger partial charge in [0.1, 0.15) is 6.10 Å². The molecule has 0 aromatic carbocycles. The molecule has 65 heavy (non-hydrogen) atoms. The first-order chi connectivity index (χ1) is 32.0. The van der Waals surface area contributed by atoms with E-state index in [-0.39, 0.29) is 24.9 Å². The molecule has 0 fully saturated rings. The number of carbonyl (C=O) groups is 2. The van der Waals surface area contributed by atoms with Gasteiger partial charge in [0.05, 0.1) is 25.2 Å². The number of nitrogens with one attached hydrogen (secondary N) is 1. The van der Waals surface area contributed by atoms with Crippen molar-refractivity contribution in [1.29, 1.82) is 0 Å². The van der Waals surface area contributed by atoms with Crippen LogP contribution in [0.5, 0.6) is 0 Å². The lowest BCUT2D eigenvalue weighted by atomic mass is 10.0. The molecule has 3 unspecified atom stereocenters. The lowest BCUT2D eigenvalue weighted by molar-refractivity contribution is -0.151. The van der Waals surface area contributed by atoms with Gasteiger partial charge in [0.2, 0.25) is 5.91 Å². The quantitative estimate of drug-likeness (QED) is 0.0245. The molecule has 0 heterocycles. The largest absolute Gasteiger partial charge is 0.462 e. The Kier molecular flexibility index (Phi) is 49.6. The Morgan fingerprint density at radius 3 is 1.37 bits per heavy atom. The average molecular weight is 906 g/mol. The fraction of sp³-hybridized carbons (Fsp3) is 0.729. The van der Waals surface area contributed by atoms with Crippen molar-refractivity contribution in [2.24, 2.45) is 0 Å². The molecule has 0 radical (unpaired) electrons. The van der Waals surface area contributed by atoms with Gasteiger partial charge in [-0.3, -0.25) is 9.59 Å². The Morgan fingerprint density at radius 2 is 0.846 bits per heavy atom. The van der Waals surface area contributed by atoms with Crippen LogP contribution in [0, 0.1) is 0 Å². The monoisotopic (exact) mass is 906 g/mol. The van der Waals surface area contributed by atoms with Crippen molar-refractivity contribution in [2.75, 3.05) is 6.61 Å². The van der Waals surface area contributed by atoms with Crippen LogP contribution in [0.1, 0.15) is 252 Å². The second-order valence-corrected chi connectivity index (χ2v) is 18.4. The number of aliphatic hydroxyl groups excluding tert-OH is 2. The molecule has 3 atom stereocenters. The summed E-state index contributed by atoms with van der Waals surface area (Å²) in [5, 5.41) is 23.8. The molecular formula is C59H103NO5. The minimum absolute atomic E-state index is 0.0425. The van der Waals surface area contributed by atoms with Crippen molar-refractivity contribution in [1.82, 2.24) is 5.32 Å². The zero-order valence-corrected chi connectivity index (χ0v) is 42.6. The predicted molar refractivity (Wildman–Crippen MR) is 282 cm³/mol. The smallest absolute Gasteiger partial charge is 0.306 e. The summed E-state index contributed by atoms with van der Waals surface area (Å²) in [6, 6.07) is -0.721. The lowest BCUT2D eigenvalue weighted by Crippen LogP contribution is -2.46. The van der Waals surface area contributed by atoms with E-state index in [1.54, 1.807) is 0 Å². The van der Waals surface area contributed by atoms with Crippen LogP contribution < -0.4 is 5.32 Å². The van der Waals surface area contributed by atoms with Gasteiger partial charge in [-0.05, 0) is 89.9 Å². The number of carbonyl (C=O) groups excluding carboxylic acids is 2. The molecule has 0 saturated carbocycles. The molecule has 1 amide bonds. The Hall–Kier alpha value is -2.96. The zero-order valence-electron chi connectivity index (χ0n) is 42.6. The third-order valence-electron chi connectivity index (χ3n) is 12.0. The summed E-state index contributed by atoms with van der Waals surface area (Å²) in [6.07, 6.45) is 67.8. The van der Waals surface area contributed by atoms with Gasteiger partial charge in [0.15, 0.2) is 0 Å². The first kappa shape index (κ1) is 62.0. The molecule has 0 saturated heterocycles. The first-order valence-corrected chi connectivity index (χ1v) is 27.4. The van der Waals surface area contributed by atoms with E-state index in [2.05, 4.69) is 105 Å². The Balaban J connectivity index is 4.68. The van der Waals surface area contributed by atoms with Gasteiger partial charge in [0.25, 0.3) is 0 Å². The predicted octanol–water partition coefficient (Wildman–Crippen LogP) is 16.7. The molecule has 374 valence electrons.